The summed E-state index contributed by atoms with van der Waals surface area (Å²) in [6, 6.07) is 5.69. The van der Waals surface area contributed by atoms with Crippen LogP contribution in [0.3, 0.4) is 0 Å². The van der Waals surface area contributed by atoms with E-state index in [9.17, 15) is 4.39 Å². The number of benzene rings is 1. The van der Waals surface area contributed by atoms with Gasteiger partial charge >= 0.3 is 0 Å². The molecule has 1 unspecified atom stereocenters. The molecule has 0 aromatic heterocycles. The lowest BCUT2D eigenvalue weighted by atomic mass is 10.2. The lowest BCUT2D eigenvalue weighted by Gasteiger charge is -2.13. The van der Waals surface area contributed by atoms with Crippen molar-refractivity contribution in [2.45, 2.75) is 19.0 Å². The Morgan fingerprint density at radius 1 is 1.56 bits per heavy atom. The summed E-state index contributed by atoms with van der Waals surface area (Å²) in [5.41, 5.74) is 0.981. The van der Waals surface area contributed by atoms with Crippen LogP contribution < -0.4 is 5.32 Å². The highest BCUT2D eigenvalue weighted by atomic mass is 79.9. The predicted molar refractivity (Wildman–Crippen MR) is 66.8 cm³/mol. The first-order valence-electron chi connectivity index (χ1n) is 5.51. The van der Waals surface area contributed by atoms with Crippen molar-refractivity contribution >= 4 is 15.9 Å². The Balaban J connectivity index is 1.92. The molecular formula is C12H16BrFN2. The zero-order valence-corrected chi connectivity index (χ0v) is 10.9. The molecule has 2 rings (SSSR count). The van der Waals surface area contributed by atoms with Crippen LogP contribution >= 0.6 is 15.9 Å². The van der Waals surface area contributed by atoms with E-state index in [0.717, 1.165) is 25.2 Å². The zero-order valence-electron chi connectivity index (χ0n) is 9.34. The normalized spacial score (nSPS) is 21.6. The van der Waals surface area contributed by atoms with Crippen LogP contribution in [0.5, 0.6) is 0 Å². The summed E-state index contributed by atoms with van der Waals surface area (Å²) in [5.74, 6) is -0.192. The van der Waals surface area contributed by atoms with Gasteiger partial charge in [-0.25, -0.2) is 4.39 Å². The lowest BCUT2D eigenvalue weighted by Crippen LogP contribution is -2.31. The van der Waals surface area contributed by atoms with Gasteiger partial charge in [-0.15, -0.1) is 0 Å². The fourth-order valence-electron chi connectivity index (χ4n) is 2.04. The van der Waals surface area contributed by atoms with Crippen molar-refractivity contribution in [2.75, 3.05) is 20.1 Å². The molecule has 0 spiro atoms. The molecule has 1 heterocycles. The topological polar surface area (TPSA) is 15.3 Å². The molecule has 16 heavy (non-hydrogen) atoms. The highest BCUT2D eigenvalue weighted by Crippen LogP contribution is 2.20. The van der Waals surface area contributed by atoms with E-state index in [-0.39, 0.29) is 5.82 Å². The molecule has 0 saturated carbocycles. The molecule has 0 amide bonds. The molecule has 4 heteroatoms. The van der Waals surface area contributed by atoms with Crippen molar-refractivity contribution in [3.8, 4) is 0 Å². The molecule has 1 saturated heterocycles. The molecule has 88 valence electrons. The first-order chi connectivity index (χ1) is 7.66. The van der Waals surface area contributed by atoms with Gasteiger partial charge in [-0.2, -0.15) is 0 Å². The van der Waals surface area contributed by atoms with Crippen molar-refractivity contribution < 1.29 is 4.39 Å². The maximum atomic E-state index is 13.3. The molecule has 1 atom stereocenters. The first kappa shape index (κ1) is 12.0. The van der Waals surface area contributed by atoms with Gasteiger partial charge in [0.25, 0.3) is 0 Å². The number of rotatable bonds is 3. The van der Waals surface area contributed by atoms with Crippen LogP contribution in [0, 0.1) is 5.82 Å². The molecule has 0 aliphatic carbocycles. The summed E-state index contributed by atoms with van der Waals surface area (Å²) >= 11 is 3.28. The summed E-state index contributed by atoms with van der Waals surface area (Å²) in [4.78, 5) is 2.30. The van der Waals surface area contributed by atoms with E-state index < -0.39 is 0 Å². The van der Waals surface area contributed by atoms with Gasteiger partial charge in [0.1, 0.15) is 5.82 Å². The SMILES string of the molecule is CN1CCC(NCc2cccc(F)c2Br)C1. The third-order valence-electron chi connectivity index (χ3n) is 3.00. The third kappa shape index (κ3) is 2.81. The Bertz CT molecular complexity index is 370. The highest BCUT2D eigenvalue weighted by Gasteiger charge is 2.18. The van der Waals surface area contributed by atoms with E-state index in [1.807, 2.05) is 6.07 Å². The van der Waals surface area contributed by atoms with Gasteiger partial charge in [0.2, 0.25) is 0 Å². The van der Waals surface area contributed by atoms with E-state index in [1.165, 1.54) is 12.5 Å². The Morgan fingerprint density at radius 2 is 2.38 bits per heavy atom. The molecule has 1 aliphatic rings. The molecule has 0 radical (unpaired) electrons. The molecule has 2 nitrogen and oxygen atoms in total. The molecule has 1 fully saturated rings. The van der Waals surface area contributed by atoms with Crippen LogP contribution in [0.4, 0.5) is 4.39 Å². The van der Waals surface area contributed by atoms with Crippen LogP contribution in [-0.4, -0.2) is 31.1 Å². The van der Waals surface area contributed by atoms with Crippen molar-refractivity contribution in [3.05, 3.63) is 34.1 Å². The summed E-state index contributed by atoms with van der Waals surface area (Å²) < 4.78 is 13.8. The molecular weight excluding hydrogens is 271 g/mol. The highest BCUT2D eigenvalue weighted by molar-refractivity contribution is 9.10. The third-order valence-corrected chi connectivity index (χ3v) is 3.89. The Morgan fingerprint density at radius 3 is 3.06 bits per heavy atom. The van der Waals surface area contributed by atoms with Crippen molar-refractivity contribution in [1.82, 2.24) is 10.2 Å². The number of nitrogens with zero attached hydrogens (tertiary/aromatic N) is 1. The number of likely N-dealkylation sites (N-methyl/N-ethyl adjacent to an activating group) is 1. The summed E-state index contributed by atoms with van der Waals surface area (Å²) in [6.07, 6.45) is 1.17. The summed E-state index contributed by atoms with van der Waals surface area (Å²) in [5, 5.41) is 3.46. The van der Waals surface area contributed by atoms with Crippen LogP contribution in [-0.2, 0) is 6.54 Å². The Labute approximate surface area is 104 Å². The quantitative estimate of drug-likeness (QED) is 0.918. The largest absolute Gasteiger partial charge is 0.309 e. The average molecular weight is 287 g/mol. The maximum absolute atomic E-state index is 13.3. The van der Waals surface area contributed by atoms with E-state index >= 15 is 0 Å². The van der Waals surface area contributed by atoms with Crippen LogP contribution in [0.2, 0.25) is 0 Å². The first-order valence-corrected chi connectivity index (χ1v) is 6.31. The number of likely N-dealkylation sites (tertiary alicyclic amines) is 1. The molecule has 1 aromatic rings. The minimum atomic E-state index is -0.192. The van der Waals surface area contributed by atoms with Gasteiger partial charge in [-0.05, 0) is 47.6 Å². The molecule has 1 aliphatic heterocycles. The Hall–Kier alpha value is -0.450. The molecule has 1 N–H and O–H groups in total. The standard InChI is InChI=1S/C12H16BrFN2/c1-16-6-5-10(8-16)15-7-9-3-2-4-11(14)12(9)13/h2-4,10,15H,5-8H2,1H3. The minimum absolute atomic E-state index is 0.192. The zero-order chi connectivity index (χ0) is 11.5. The van der Waals surface area contributed by atoms with Crippen molar-refractivity contribution in [3.63, 3.8) is 0 Å². The second-order valence-corrected chi connectivity index (χ2v) is 5.13. The van der Waals surface area contributed by atoms with Crippen LogP contribution in [0.1, 0.15) is 12.0 Å². The fraction of sp³-hybridized carbons (Fsp3) is 0.500. The smallest absolute Gasteiger partial charge is 0.137 e. The van der Waals surface area contributed by atoms with Gasteiger partial charge in [0, 0.05) is 19.1 Å². The van der Waals surface area contributed by atoms with E-state index in [2.05, 4.69) is 33.2 Å². The fourth-order valence-corrected chi connectivity index (χ4v) is 2.45. The number of hydrogen-bond acceptors (Lipinski definition) is 2. The van der Waals surface area contributed by atoms with E-state index in [0.29, 0.717) is 10.5 Å². The van der Waals surface area contributed by atoms with Gasteiger partial charge in [-0.3, -0.25) is 0 Å². The minimum Gasteiger partial charge on any atom is -0.309 e. The van der Waals surface area contributed by atoms with Crippen molar-refractivity contribution in [2.24, 2.45) is 0 Å². The average Bonchev–Trinajstić information content (AvgIpc) is 2.67. The maximum Gasteiger partial charge on any atom is 0.137 e. The van der Waals surface area contributed by atoms with Crippen LogP contribution in [0.25, 0.3) is 0 Å². The van der Waals surface area contributed by atoms with Gasteiger partial charge in [0.05, 0.1) is 4.47 Å². The number of nitrogens with one attached hydrogen (secondary N) is 1. The van der Waals surface area contributed by atoms with Gasteiger partial charge in [0.15, 0.2) is 0 Å². The second kappa shape index (κ2) is 5.25. The van der Waals surface area contributed by atoms with Crippen LogP contribution in [0.15, 0.2) is 22.7 Å². The molecule has 0 bridgehead atoms. The van der Waals surface area contributed by atoms with E-state index in [1.54, 1.807) is 6.07 Å². The predicted octanol–water partition coefficient (Wildman–Crippen LogP) is 2.38. The summed E-state index contributed by atoms with van der Waals surface area (Å²) in [7, 11) is 2.12. The number of hydrogen-bond donors (Lipinski definition) is 1. The lowest BCUT2D eigenvalue weighted by molar-refractivity contribution is 0.397. The Kier molecular flexibility index (Phi) is 3.95. The number of halogens is 2. The monoisotopic (exact) mass is 286 g/mol. The second-order valence-electron chi connectivity index (χ2n) is 4.34. The molecule has 1 aromatic carbocycles. The van der Waals surface area contributed by atoms with Gasteiger partial charge < -0.3 is 10.2 Å². The van der Waals surface area contributed by atoms with Gasteiger partial charge in [-0.1, -0.05) is 12.1 Å². The van der Waals surface area contributed by atoms with Crippen molar-refractivity contribution in [1.29, 1.82) is 0 Å². The summed E-state index contributed by atoms with van der Waals surface area (Å²) in [6.45, 7) is 2.94. The van der Waals surface area contributed by atoms with E-state index in [4.69, 9.17) is 0 Å².